The zero-order valence-corrected chi connectivity index (χ0v) is 15.2. The molecule has 0 atom stereocenters. The van der Waals surface area contributed by atoms with Crippen LogP contribution in [0.15, 0.2) is 47.4 Å². The van der Waals surface area contributed by atoms with Gasteiger partial charge in [0, 0.05) is 5.69 Å². The maximum Gasteiger partial charge on any atom is 0.241 e. The molecular formula is C15H13N7O3S2. The Labute approximate surface area is 157 Å². The van der Waals surface area contributed by atoms with Gasteiger partial charge in [-0.2, -0.15) is 9.67 Å². The molecule has 6 N–H and O–H groups in total. The molecule has 0 aliphatic heterocycles. The second kappa shape index (κ2) is 6.19. The first-order chi connectivity index (χ1) is 12.8. The summed E-state index contributed by atoms with van der Waals surface area (Å²) in [4.78, 5) is 8.60. The van der Waals surface area contributed by atoms with Crippen LogP contribution in [0.25, 0.3) is 15.3 Å². The van der Waals surface area contributed by atoms with Crippen LogP contribution in [-0.4, -0.2) is 33.3 Å². The summed E-state index contributed by atoms with van der Waals surface area (Å²) >= 11 is 1.31. The van der Waals surface area contributed by atoms with Crippen molar-refractivity contribution < 1.29 is 13.5 Å². The standard InChI is InChI=1S/C15H13N7O3S2/c16-13-20-14(18-8-1-4-10(5-2-8)27(17,24)25)22(21-13)15-19-11-6-3-9(23)7-12(11)26-15/h1-7,23H,(H2,17,24,25)(H3,16,18,20,21). The Bertz CT molecular complexity index is 1250. The van der Waals surface area contributed by atoms with E-state index in [9.17, 15) is 13.5 Å². The lowest BCUT2D eigenvalue weighted by molar-refractivity contribution is 0.476. The number of phenols is 1. The summed E-state index contributed by atoms with van der Waals surface area (Å²) in [5, 5.41) is 22.4. The topological polar surface area (TPSA) is 162 Å². The maximum absolute atomic E-state index is 11.3. The first kappa shape index (κ1) is 17.2. The number of nitrogen functional groups attached to an aromatic ring is 1. The van der Waals surface area contributed by atoms with Gasteiger partial charge in [0.05, 0.1) is 15.1 Å². The quantitative estimate of drug-likeness (QED) is 0.399. The Morgan fingerprint density at radius 2 is 1.85 bits per heavy atom. The van der Waals surface area contributed by atoms with E-state index >= 15 is 0 Å². The van der Waals surface area contributed by atoms with Gasteiger partial charge in [-0.3, -0.25) is 0 Å². The molecule has 12 heteroatoms. The lowest BCUT2D eigenvalue weighted by Crippen LogP contribution is -2.12. The van der Waals surface area contributed by atoms with Crippen molar-refractivity contribution in [2.75, 3.05) is 11.1 Å². The van der Waals surface area contributed by atoms with Gasteiger partial charge in [0.25, 0.3) is 0 Å². The van der Waals surface area contributed by atoms with Gasteiger partial charge in [0.1, 0.15) is 5.75 Å². The summed E-state index contributed by atoms with van der Waals surface area (Å²) in [6.07, 6.45) is 0. The Morgan fingerprint density at radius 1 is 1.11 bits per heavy atom. The van der Waals surface area contributed by atoms with Crippen LogP contribution >= 0.6 is 11.3 Å². The van der Waals surface area contributed by atoms with Crippen LogP contribution in [0, 0.1) is 0 Å². The van der Waals surface area contributed by atoms with E-state index in [4.69, 9.17) is 10.9 Å². The van der Waals surface area contributed by atoms with Crippen molar-refractivity contribution in [3.05, 3.63) is 42.5 Å². The summed E-state index contributed by atoms with van der Waals surface area (Å²) in [7, 11) is -3.77. The van der Waals surface area contributed by atoms with E-state index in [0.717, 1.165) is 4.70 Å². The molecule has 0 saturated carbocycles. The molecule has 2 heterocycles. The number of sulfonamides is 1. The lowest BCUT2D eigenvalue weighted by Gasteiger charge is -2.06. The van der Waals surface area contributed by atoms with E-state index in [1.165, 1.54) is 28.2 Å². The Hall–Kier alpha value is -3.22. The van der Waals surface area contributed by atoms with Crippen molar-refractivity contribution >= 4 is 49.2 Å². The van der Waals surface area contributed by atoms with Crippen LogP contribution in [0.5, 0.6) is 5.75 Å². The number of anilines is 3. The van der Waals surface area contributed by atoms with Crippen molar-refractivity contribution in [3.63, 3.8) is 0 Å². The number of benzene rings is 2. The third kappa shape index (κ3) is 3.40. The highest BCUT2D eigenvalue weighted by Gasteiger charge is 2.15. The van der Waals surface area contributed by atoms with Gasteiger partial charge >= 0.3 is 0 Å². The highest BCUT2D eigenvalue weighted by molar-refractivity contribution is 7.89. The van der Waals surface area contributed by atoms with Crippen LogP contribution in [-0.2, 0) is 10.0 Å². The molecule has 4 rings (SSSR count). The zero-order valence-electron chi connectivity index (χ0n) is 13.6. The maximum atomic E-state index is 11.3. The first-order valence-corrected chi connectivity index (χ1v) is 9.88. The van der Waals surface area contributed by atoms with Gasteiger partial charge in [-0.1, -0.05) is 11.3 Å². The molecule has 0 saturated heterocycles. The molecule has 10 nitrogen and oxygen atoms in total. The van der Waals surface area contributed by atoms with Crippen LogP contribution in [0.3, 0.4) is 0 Å². The van der Waals surface area contributed by atoms with Gasteiger partial charge in [-0.15, -0.1) is 5.10 Å². The summed E-state index contributed by atoms with van der Waals surface area (Å²) in [6.45, 7) is 0. The number of thiazole rings is 1. The summed E-state index contributed by atoms with van der Waals surface area (Å²) < 4.78 is 24.9. The summed E-state index contributed by atoms with van der Waals surface area (Å²) in [5.41, 5.74) is 6.99. The number of aromatic nitrogens is 4. The molecule has 138 valence electrons. The van der Waals surface area contributed by atoms with Crippen molar-refractivity contribution in [2.45, 2.75) is 4.90 Å². The van der Waals surface area contributed by atoms with Gasteiger partial charge in [0.2, 0.25) is 27.1 Å². The van der Waals surface area contributed by atoms with E-state index in [-0.39, 0.29) is 16.6 Å². The molecule has 2 aromatic carbocycles. The number of phenolic OH excluding ortho intramolecular Hbond substituents is 1. The molecule has 0 unspecified atom stereocenters. The predicted octanol–water partition coefficient (Wildman–Crippen LogP) is 1.56. The molecule has 0 bridgehead atoms. The monoisotopic (exact) mass is 403 g/mol. The molecule has 0 fully saturated rings. The van der Waals surface area contributed by atoms with Crippen molar-refractivity contribution in [1.82, 2.24) is 19.7 Å². The van der Waals surface area contributed by atoms with E-state index in [1.807, 2.05) is 0 Å². The van der Waals surface area contributed by atoms with Gasteiger partial charge in [-0.05, 0) is 42.5 Å². The van der Waals surface area contributed by atoms with E-state index < -0.39 is 10.0 Å². The minimum atomic E-state index is -3.77. The number of nitrogens with one attached hydrogen (secondary N) is 1. The van der Waals surface area contributed by atoms with Crippen molar-refractivity contribution in [1.29, 1.82) is 0 Å². The van der Waals surface area contributed by atoms with E-state index in [0.29, 0.717) is 22.3 Å². The first-order valence-electron chi connectivity index (χ1n) is 7.52. The summed E-state index contributed by atoms with van der Waals surface area (Å²) in [5.74, 6) is 0.490. The third-order valence-corrected chi connectivity index (χ3v) is 5.53. The SMILES string of the molecule is Nc1nc(Nc2ccc(S(N)(=O)=O)cc2)n(-c2nc3ccc(O)cc3s2)n1. The Morgan fingerprint density at radius 3 is 2.56 bits per heavy atom. The average molecular weight is 403 g/mol. The van der Waals surface area contributed by atoms with Crippen molar-refractivity contribution in [2.24, 2.45) is 5.14 Å². The number of nitrogens with two attached hydrogens (primary N) is 2. The number of aromatic hydroxyl groups is 1. The smallest absolute Gasteiger partial charge is 0.241 e. The van der Waals surface area contributed by atoms with Crippen molar-refractivity contribution in [3.8, 4) is 10.9 Å². The lowest BCUT2D eigenvalue weighted by atomic mass is 10.3. The molecule has 27 heavy (non-hydrogen) atoms. The second-order valence-corrected chi connectivity index (χ2v) is 8.12. The summed E-state index contributed by atoms with van der Waals surface area (Å²) in [6, 6.07) is 10.7. The highest BCUT2D eigenvalue weighted by Crippen LogP contribution is 2.30. The fourth-order valence-electron chi connectivity index (χ4n) is 2.39. The Kier molecular flexibility index (Phi) is 3.95. The van der Waals surface area contributed by atoms with E-state index in [2.05, 4.69) is 20.4 Å². The predicted molar refractivity (Wildman–Crippen MR) is 102 cm³/mol. The molecule has 0 amide bonds. The Balaban J connectivity index is 1.70. The van der Waals surface area contributed by atoms with Crippen LogP contribution in [0.1, 0.15) is 0 Å². The molecule has 0 spiro atoms. The average Bonchev–Trinajstić information content (AvgIpc) is 3.17. The molecule has 0 aliphatic rings. The largest absolute Gasteiger partial charge is 0.508 e. The van der Waals surface area contributed by atoms with Gasteiger partial charge in [-0.25, -0.2) is 18.5 Å². The molecule has 0 aliphatic carbocycles. The minimum Gasteiger partial charge on any atom is -0.508 e. The number of hydrogen-bond acceptors (Lipinski definition) is 9. The van der Waals surface area contributed by atoms with Gasteiger partial charge < -0.3 is 16.2 Å². The van der Waals surface area contributed by atoms with Crippen LogP contribution < -0.4 is 16.2 Å². The van der Waals surface area contributed by atoms with Crippen LogP contribution in [0.4, 0.5) is 17.6 Å². The number of primary sulfonamides is 1. The third-order valence-electron chi connectivity index (χ3n) is 3.60. The highest BCUT2D eigenvalue weighted by atomic mass is 32.2. The number of hydrogen-bond donors (Lipinski definition) is 4. The fourth-order valence-corrected chi connectivity index (χ4v) is 3.86. The van der Waals surface area contributed by atoms with Crippen LogP contribution in [0.2, 0.25) is 0 Å². The number of fused-ring (bicyclic) bond motifs is 1. The fraction of sp³-hybridized carbons (Fsp3) is 0. The zero-order chi connectivity index (χ0) is 19.2. The normalized spacial score (nSPS) is 11.7. The number of rotatable bonds is 4. The molecular weight excluding hydrogens is 390 g/mol. The minimum absolute atomic E-state index is 0.0000106. The molecule has 0 radical (unpaired) electrons. The molecule has 4 aromatic rings. The molecule has 2 aromatic heterocycles. The number of nitrogens with zero attached hydrogens (tertiary/aromatic N) is 4. The van der Waals surface area contributed by atoms with E-state index in [1.54, 1.807) is 30.3 Å². The second-order valence-electron chi connectivity index (χ2n) is 5.55. The van der Waals surface area contributed by atoms with Gasteiger partial charge in [0.15, 0.2) is 0 Å².